The minimum Gasteiger partial charge on any atom is -0.0845 e. The van der Waals surface area contributed by atoms with Crippen LogP contribution < -0.4 is 0 Å². The van der Waals surface area contributed by atoms with Crippen LogP contribution in [-0.4, -0.2) is 0 Å². The molecule has 0 saturated heterocycles. The van der Waals surface area contributed by atoms with Crippen LogP contribution in [0.4, 0.5) is 0 Å². The molecule has 1 aromatic rings. The minimum absolute atomic E-state index is 1.05. The fraction of sp³-hybridized carbons (Fsp3) is 0.467. The van der Waals surface area contributed by atoms with Crippen molar-refractivity contribution in [3.63, 3.8) is 0 Å². The van der Waals surface area contributed by atoms with E-state index in [0.717, 1.165) is 12.8 Å². The highest BCUT2D eigenvalue weighted by molar-refractivity contribution is 5.22. The Labute approximate surface area is 94.0 Å². The van der Waals surface area contributed by atoms with Gasteiger partial charge in [0.1, 0.15) is 0 Å². The van der Waals surface area contributed by atoms with E-state index in [1.165, 1.54) is 36.8 Å². The second-order valence-electron chi connectivity index (χ2n) is 4.01. The number of aryl methyl sites for hydroxylation is 2. The summed E-state index contributed by atoms with van der Waals surface area (Å²) in [6.45, 7) is 7.52. The van der Waals surface area contributed by atoms with Gasteiger partial charge in [0.2, 0.25) is 0 Å². The van der Waals surface area contributed by atoms with E-state index in [-0.39, 0.29) is 0 Å². The number of unbranched alkanes of at least 4 members (excludes halogenated alkanes) is 3. The normalized spacial score (nSPS) is 10.2. The molecule has 0 bridgehead atoms. The van der Waals surface area contributed by atoms with Gasteiger partial charge in [0.05, 0.1) is 0 Å². The Kier molecular flexibility index (Phi) is 5.84. The second kappa shape index (κ2) is 7.28. The lowest BCUT2D eigenvalue weighted by Crippen LogP contribution is -1.87. The summed E-state index contributed by atoms with van der Waals surface area (Å²) in [5, 5.41) is 0. The predicted octanol–water partition coefficient (Wildman–Crippen LogP) is 4.34. The van der Waals surface area contributed by atoms with Crippen LogP contribution in [0.1, 0.15) is 43.7 Å². The van der Waals surface area contributed by atoms with Gasteiger partial charge in [0.15, 0.2) is 0 Å². The zero-order valence-electron chi connectivity index (χ0n) is 9.71. The largest absolute Gasteiger partial charge is 0.0845 e. The topological polar surface area (TPSA) is 0 Å². The van der Waals surface area contributed by atoms with Crippen molar-refractivity contribution in [2.24, 2.45) is 0 Å². The SMILES string of the molecule is [CH]=CCCCCCc1ccc(CC)cc1. The highest BCUT2D eigenvalue weighted by Gasteiger charge is 1.94. The van der Waals surface area contributed by atoms with Crippen molar-refractivity contribution in [1.82, 2.24) is 0 Å². The van der Waals surface area contributed by atoms with E-state index in [2.05, 4.69) is 31.2 Å². The molecule has 0 spiro atoms. The van der Waals surface area contributed by atoms with Crippen molar-refractivity contribution in [3.05, 3.63) is 48.0 Å². The molecule has 0 aliphatic heterocycles. The maximum atomic E-state index is 5.33. The van der Waals surface area contributed by atoms with Crippen molar-refractivity contribution >= 4 is 0 Å². The maximum absolute atomic E-state index is 5.33. The number of allylic oxidation sites excluding steroid dienone is 1. The first kappa shape index (κ1) is 12.0. The number of hydrogen-bond acceptors (Lipinski definition) is 0. The number of benzene rings is 1. The van der Waals surface area contributed by atoms with Crippen molar-refractivity contribution in [3.8, 4) is 0 Å². The summed E-state index contributed by atoms with van der Waals surface area (Å²) >= 11 is 0. The smallest absolute Gasteiger partial charge is 0.0279 e. The van der Waals surface area contributed by atoms with Crippen LogP contribution in [0.15, 0.2) is 30.3 Å². The van der Waals surface area contributed by atoms with Crippen molar-refractivity contribution in [1.29, 1.82) is 0 Å². The number of hydrogen-bond donors (Lipinski definition) is 0. The average Bonchev–Trinajstić information content (AvgIpc) is 2.30. The van der Waals surface area contributed by atoms with Gasteiger partial charge in [0.25, 0.3) is 0 Å². The van der Waals surface area contributed by atoms with Crippen LogP contribution in [0.25, 0.3) is 0 Å². The van der Waals surface area contributed by atoms with Crippen LogP contribution in [0.2, 0.25) is 0 Å². The first-order chi connectivity index (χ1) is 7.36. The summed E-state index contributed by atoms with van der Waals surface area (Å²) < 4.78 is 0. The molecule has 15 heavy (non-hydrogen) atoms. The molecular formula is C15H21. The van der Waals surface area contributed by atoms with Crippen molar-refractivity contribution in [2.45, 2.75) is 45.4 Å². The summed E-state index contributed by atoms with van der Waals surface area (Å²) in [5.41, 5.74) is 2.89. The Hall–Kier alpha value is -1.04. The van der Waals surface area contributed by atoms with Gasteiger partial charge < -0.3 is 0 Å². The van der Waals surface area contributed by atoms with Crippen molar-refractivity contribution in [2.75, 3.05) is 0 Å². The first-order valence-electron chi connectivity index (χ1n) is 5.98. The molecule has 0 aromatic heterocycles. The van der Waals surface area contributed by atoms with E-state index < -0.39 is 0 Å². The Morgan fingerprint density at radius 1 is 1.00 bits per heavy atom. The predicted molar refractivity (Wildman–Crippen MR) is 66.9 cm³/mol. The maximum Gasteiger partial charge on any atom is -0.0279 e. The van der Waals surface area contributed by atoms with Gasteiger partial charge >= 0.3 is 0 Å². The molecular weight excluding hydrogens is 180 g/mol. The fourth-order valence-corrected chi connectivity index (χ4v) is 1.71. The summed E-state index contributed by atoms with van der Waals surface area (Å²) in [5.74, 6) is 0. The highest BCUT2D eigenvalue weighted by Crippen LogP contribution is 2.10. The minimum atomic E-state index is 1.05. The summed E-state index contributed by atoms with van der Waals surface area (Å²) in [4.78, 5) is 0. The van der Waals surface area contributed by atoms with Crippen LogP contribution in [0, 0.1) is 6.58 Å². The monoisotopic (exact) mass is 201 g/mol. The lowest BCUT2D eigenvalue weighted by atomic mass is 10.0. The number of rotatable bonds is 7. The van der Waals surface area contributed by atoms with Gasteiger partial charge in [-0.25, -0.2) is 0 Å². The van der Waals surface area contributed by atoms with Crippen LogP contribution >= 0.6 is 0 Å². The molecule has 0 N–H and O–H groups in total. The average molecular weight is 201 g/mol. The van der Waals surface area contributed by atoms with Gasteiger partial charge in [0, 0.05) is 0 Å². The molecule has 1 radical (unpaired) electrons. The summed E-state index contributed by atoms with van der Waals surface area (Å²) in [6, 6.07) is 8.99. The van der Waals surface area contributed by atoms with E-state index in [9.17, 15) is 0 Å². The van der Waals surface area contributed by atoms with Crippen LogP contribution in [-0.2, 0) is 12.8 Å². The van der Waals surface area contributed by atoms with Gasteiger partial charge in [-0.05, 0) is 43.2 Å². The van der Waals surface area contributed by atoms with Gasteiger partial charge in [-0.1, -0.05) is 50.3 Å². The molecule has 81 valence electrons. The van der Waals surface area contributed by atoms with E-state index in [4.69, 9.17) is 6.58 Å². The molecule has 0 aliphatic carbocycles. The quantitative estimate of drug-likeness (QED) is 0.576. The molecule has 0 unspecified atom stereocenters. The summed E-state index contributed by atoms with van der Waals surface area (Å²) in [6.07, 6.45) is 8.93. The first-order valence-corrected chi connectivity index (χ1v) is 5.98. The third kappa shape index (κ3) is 4.83. The van der Waals surface area contributed by atoms with E-state index in [1.807, 2.05) is 0 Å². The highest BCUT2D eigenvalue weighted by atomic mass is 14.0. The van der Waals surface area contributed by atoms with E-state index in [0.29, 0.717) is 0 Å². The standard InChI is InChI=1S/C15H21/c1-3-5-6-7-8-9-15-12-10-14(4-2)11-13-15/h1,3,10-13H,4-9H2,2H3. The summed E-state index contributed by atoms with van der Waals surface area (Å²) in [7, 11) is 0. The van der Waals surface area contributed by atoms with Gasteiger partial charge in [-0.15, -0.1) is 0 Å². The molecule has 0 fully saturated rings. The van der Waals surface area contributed by atoms with E-state index in [1.54, 1.807) is 6.08 Å². The molecule has 0 heteroatoms. The van der Waals surface area contributed by atoms with Gasteiger partial charge in [-0.3, -0.25) is 0 Å². The third-order valence-corrected chi connectivity index (χ3v) is 2.77. The Bertz CT molecular complexity index is 269. The lowest BCUT2D eigenvalue weighted by molar-refractivity contribution is 0.687. The molecule has 0 atom stereocenters. The van der Waals surface area contributed by atoms with Crippen molar-refractivity contribution < 1.29 is 0 Å². The van der Waals surface area contributed by atoms with Crippen LogP contribution in [0.5, 0.6) is 0 Å². The second-order valence-corrected chi connectivity index (χ2v) is 4.01. The molecule has 0 heterocycles. The Morgan fingerprint density at radius 2 is 1.67 bits per heavy atom. The molecule has 0 amide bonds. The van der Waals surface area contributed by atoms with E-state index >= 15 is 0 Å². The van der Waals surface area contributed by atoms with Gasteiger partial charge in [-0.2, -0.15) is 0 Å². The molecule has 0 aliphatic rings. The zero-order chi connectivity index (χ0) is 10.9. The Morgan fingerprint density at radius 3 is 2.27 bits per heavy atom. The molecule has 1 aromatic carbocycles. The molecule has 0 nitrogen and oxygen atoms in total. The lowest BCUT2D eigenvalue weighted by Gasteiger charge is -2.02. The molecule has 0 saturated carbocycles. The Balaban J connectivity index is 2.22. The molecule has 1 rings (SSSR count). The zero-order valence-corrected chi connectivity index (χ0v) is 9.71. The van der Waals surface area contributed by atoms with Crippen LogP contribution in [0.3, 0.4) is 0 Å². The fourth-order valence-electron chi connectivity index (χ4n) is 1.71. The third-order valence-electron chi connectivity index (χ3n) is 2.77.